The van der Waals surface area contributed by atoms with Crippen molar-refractivity contribution in [3.05, 3.63) is 35.9 Å². The molecule has 1 aromatic rings. The van der Waals surface area contributed by atoms with E-state index in [0.29, 0.717) is 13.0 Å². The number of benzene rings is 1. The summed E-state index contributed by atoms with van der Waals surface area (Å²) in [6.45, 7) is 3.90. The van der Waals surface area contributed by atoms with Gasteiger partial charge in [0.05, 0.1) is 5.92 Å². The zero-order valence-corrected chi connectivity index (χ0v) is 15.8. The van der Waals surface area contributed by atoms with Crippen molar-refractivity contribution < 1.29 is 9.59 Å². The topological polar surface area (TPSA) is 75.4 Å². The van der Waals surface area contributed by atoms with Crippen LogP contribution in [0, 0.1) is 5.92 Å². The SMILES string of the molecule is CC(C(=O)NCCC(=O)N1CCCCCC1)C(N)c1ccccc1.Cl. The number of hydrogen-bond donors (Lipinski definition) is 2. The van der Waals surface area contributed by atoms with Gasteiger partial charge in [-0.05, 0) is 18.4 Å². The van der Waals surface area contributed by atoms with E-state index in [9.17, 15) is 9.59 Å². The lowest BCUT2D eigenvalue weighted by Crippen LogP contribution is -2.38. The second-order valence-corrected chi connectivity index (χ2v) is 6.56. The largest absolute Gasteiger partial charge is 0.355 e. The summed E-state index contributed by atoms with van der Waals surface area (Å²) in [5, 5.41) is 2.85. The molecule has 140 valence electrons. The van der Waals surface area contributed by atoms with Crippen molar-refractivity contribution >= 4 is 24.2 Å². The van der Waals surface area contributed by atoms with E-state index >= 15 is 0 Å². The van der Waals surface area contributed by atoms with Crippen molar-refractivity contribution in [2.24, 2.45) is 11.7 Å². The van der Waals surface area contributed by atoms with Gasteiger partial charge in [-0.1, -0.05) is 50.1 Å². The van der Waals surface area contributed by atoms with Crippen LogP contribution in [0.2, 0.25) is 0 Å². The highest BCUT2D eigenvalue weighted by Crippen LogP contribution is 2.19. The van der Waals surface area contributed by atoms with E-state index in [1.807, 2.05) is 42.2 Å². The average molecular weight is 368 g/mol. The Morgan fingerprint density at radius 2 is 1.72 bits per heavy atom. The van der Waals surface area contributed by atoms with E-state index < -0.39 is 0 Å². The molecule has 0 saturated carbocycles. The van der Waals surface area contributed by atoms with Gasteiger partial charge in [-0.25, -0.2) is 0 Å². The number of halogens is 1. The molecule has 1 heterocycles. The maximum Gasteiger partial charge on any atom is 0.224 e. The standard InChI is InChI=1S/C19H29N3O2.ClH/c1-15(18(20)16-9-5-4-6-10-16)19(24)21-12-11-17(23)22-13-7-2-3-8-14-22;/h4-6,9-10,15,18H,2-3,7-8,11-14,20H2,1H3,(H,21,24);1H. The molecule has 3 N–H and O–H groups in total. The second-order valence-electron chi connectivity index (χ2n) is 6.56. The molecule has 1 saturated heterocycles. The van der Waals surface area contributed by atoms with Crippen LogP contribution in [-0.2, 0) is 9.59 Å². The first kappa shape index (κ1) is 21.5. The highest BCUT2D eigenvalue weighted by atomic mass is 35.5. The summed E-state index contributed by atoms with van der Waals surface area (Å²) in [6.07, 6.45) is 4.94. The van der Waals surface area contributed by atoms with E-state index in [1.54, 1.807) is 0 Å². The Kier molecular flexibility index (Phi) is 9.53. The van der Waals surface area contributed by atoms with E-state index in [1.165, 1.54) is 12.8 Å². The predicted octanol–water partition coefficient (Wildman–Crippen LogP) is 2.65. The second kappa shape index (κ2) is 11.1. The molecule has 0 aromatic heterocycles. The van der Waals surface area contributed by atoms with Crippen LogP contribution in [0.1, 0.15) is 50.6 Å². The first-order valence-corrected chi connectivity index (χ1v) is 8.95. The molecule has 6 heteroatoms. The van der Waals surface area contributed by atoms with Gasteiger partial charge >= 0.3 is 0 Å². The van der Waals surface area contributed by atoms with Crippen LogP contribution in [0.25, 0.3) is 0 Å². The molecule has 2 atom stereocenters. The molecule has 2 unspecified atom stereocenters. The molecule has 1 aliphatic rings. The minimum absolute atomic E-state index is 0. The number of hydrogen-bond acceptors (Lipinski definition) is 3. The molecule has 0 radical (unpaired) electrons. The zero-order chi connectivity index (χ0) is 17.4. The molecule has 25 heavy (non-hydrogen) atoms. The monoisotopic (exact) mass is 367 g/mol. The van der Waals surface area contributed by atoms with Crippen molar-refractivity contribution in [2.45, 2.75) is 45.1 Å². The van der Waals surface area contributed by atoms with Crippen molar-refractivity contribution in [2.75, 3.05) is 19.6 Å². The summed E-state index contributed by atoms with van der Waals surface area (Å²) in [6, 6.07) is 9.27. The first-order chi connectivity index (χ1) is 11.6. The predicted molar refractivity (Wildman–Crippen MR) is 102 cm³/mol. The van der Waals surface area contributed by atoms with Crippen LogP contribution < -0.4 is 11.1 Å². The van der Waals surface area contributed by atoms with Crippen LogP contribution in [0.15, 0.2) is 30.3 Å². The number of rotatable bonds is 6. The molecule has 0 bridgehead atoms. The van der Waals surface area contributed by atoms with E-state index in [2.05, 4.69) is 5.32 Å². The summed E-state index contributed by atoms with van der Waals surface area (Å²) in [5.74, 6) is -0.298. The fourth-order valence-electron chi connectivity index (χ4n) is 3.06. The Bertz CT molecular complexity index is 531. The van der Waals surface area contributed by atoms with E-state index in [-0.39, 0.29) is 36.2 Å². The molecule has 0 spiro atoms. The van der Waals surface area contributed by atoms with Crippen molar-refractivity contribution in [3.63, 3.8) is 0 Å². The number of carbonyl (C=O) groups excluding carboxylic acids is 2. The Morgan fingerprint density at radius 1 is 1.12 bits per heavy atom. The van der Waals surface area contributed by atoms with Crippen LogP contribution >= 0.6 is 12.4 Å². The van der Waals surface area contributed by atoms with Gasteiger partial charge in [0.2, 0.25) is 11.8 Å². The third-order valence-corrected chi connectivity index (χ3v) is 4.73. The number of nitrogens with two attached hydrogens (primary N) is 1. The van der Waals surface area contributed by atoms with Crippen molar-refractivity contribution in [1.29, 1.82) is 0 Å². The van der Waals surface area contributed by atoms with Crippen LogP contribution in [0.5, 0.6) is 0 Å². The van der Waals surface area contributed by atoms with Gasteiger partial charge in [-0.2, -0.15) is 0 Å². The van der Waals surface area contributed by atoms with Gasteiger partial charge in [-0.15, -0.1) is 12.4 Å². The molecule has 1 aliphatic heterocycles. The Balaban J connectivity index is 0.00000312. The Labute approximate surface area is 156 Å². The summed E-state index contributed by atoms with van der Waals surface area (Å²) < 4.78 is 0. The number of carbonyl (C=O) groups is 2. The van der Waals surface area contributed by atoms with Crippen LogP contribution in [-0.4, -0.2) is 36.3 Å². The Morgan fingerprint density at radius 3 is 2.32 bits per heavy atom. The van der Waals surface area contributed by atoms with E-state index in [0.717, 1.165) is 31.5 Å². The van der Waals surface area contributed by atoms with Gasteiger partial charge in [0.1, 0.15) is 0 Å². The summed E-state index contributed by atoms with van der Waals surface area (Å²) in [5.41, 5.74) is 7.11. The lowest BCUT2D eigenvalue weighted by Gasteiger charge is -2.22. The molecular formula is C19H30ClN3O2. The normalized spacial score (nSPS) is 17.0. The first-order valence-electron chi connectivity index (χ1n) is 8.95. The molecular weight excluding hydrogens is 338 g/mol. The van der Waals surface area contributed by atoms with Crippen molar-refractivity contribution in [3.8, 4) is 0 Å². The number of amides is 2. The smallest absolute Gasteiger partial charge is 0.224 e. The average Bonchev–Trinajstić information content (AvgIpc) is 2.90. The highest BCUT2D eigenvalue weighted by molar-refractivity contribution is 5.85. The van der Waals surface area contributed by atoms with Crippen LogP contribution in [0.4, 0.5) is 0 Å². The zero-order valence-electron chi connectivity index (χ0n) is 14.9. The minimum Gasteiger partial charge on any atom is -0.355 e. The highest BCUT2D eigenvalue weighted by Gasteiger charge is 2.22. The van der Waals surface area contributed by atoms with Gasteiger partial charge in [0, 0.05) is 32.1 Å². The summed E-state index contributed by atoms with van der Waals surface area (Å²) in [4.78, 5) is 26.4. The van der Waals surface area contributed by atoms with Crippen LogP contribution in [0.3, 0.4) is 0 Å². The fraction of sp³-hybridized carbons (Fsp3) is 0.579. The number of likely N-dealkylation sites (tertiary alicyclic amines) is 1. The third kappa shape index (κ3) is 6.67. The molecule has 2 amide bonds. The summed E-state index contributed by atoms with van der Waals surface area (Å²) in [7, 11) is 0. The quantitative estimate of drug-likeness (QED) is 0.811. The third-order valence-electron chi connectivity index (χ3n) is 4.73. The Hall–Kier alpha value is -1.59. The number of nitrogens with zero attached hydrogens (tertiary/aromatic N) is 1. The minimum atomic E-state index is -0.340. The van der Waals surface area contributed by atoms with Gasteiger partial charge in [0.25, 0.3) is 0 Å². The van der Waals surface area contributed by atoms with Gasteiger partial charge in [-0.3, -0.25) is 9.59 Å². The lowest BCUT2D eigenvalue weighted by molar-refractivity contribution is -0.131. The molecule has 5 nitrogen and oxygen atoms in total. The van der Waals surface area contributed by atoms with Crippen molar-refractivity contribution in [1.82, 2.24) is 10.2 Å². The van der Waals surface area contributed by atoms with Gasteiger partial charge < -0.3 is 16.0 Å². The maximum absolute atomic E-state index is 12.3. The summed E-state index contributed by atoms with van der Waals surface area (Å²) >= 11 is 0. The fourth-order valence-corrected chi connectivity index (χ4v) is 3.06. The lowest BCUT2D eigenvalue weighted by atomic mass is 9.95. The molecule has 1 fully saturated rings. The van der Waals surface area contributed by atoms with Gasteiger partial charge in [0.15, 0.2) is 0 Å². The molecule has 0 aliphatic carbocycles. The molecule has 1 aromatic carbocycles. The van der Waals surface area contributed by atoms with E-state index in [4.69, 9.17) is 5.73 Å². The maximum atomic E-state index is 12.3. The molecule has 2 rings (SSSR count). The number of nitrogens with one attached hydrogen (secondary N) is 1.